The van der Waals surface area contributed by atoms with E-state index < -0.39 is 31.3 Å². The Balaban J connectivity index is 0.000000150. The lowest BCUT2D eigenvalue weighted by Crippen LogP contribution is -2.52. The number of methoxy groups -OCH3 is 4. The van der Waals surface area contributed by atoms with E-state index in [0.29, 0.717) is 83.6 Å². The van der Waals surface area contributed by atoms with E-state index in [0.717, 1.165) is 153 Å². The van der Waals surface area contributed by atoms with E-state index in [4.69, 9.17) is 50.5 Å². The normalized spacial score (nSPS) is 17.3. The highest BCUT2D eigenvalue weighted by atomic mass is 35.5. The molecule has 0 saturated carbocycles. The van der Waals surface area contributed by atoms with Crippen LogP contribution in [0, 0.1) is 6.92 Å². The fraction of sp³-hybridized carbons (Fsp3) is 0.429. The molecular weight excluding hydrogens is 1640 g/mol. The summed E-state index contributed by atoms with van der Waals surface area (Å²) in [6.45, 7) is 27.2. The predicted octanol–water partition coefficient (Wildman–Crippen LogP) is 14.1. The first-order valence-corrected chi connectivity index (χ1v) is 52.1. The number of halogens is 1. The molecule has 5 aliphatic heterocycles. The zero-order valence-electron chi connectivity index (χ0n) is 72.6. The van der Waals surface area contributed by atoms with Gasteiger partial charge in [0.15, 0.2) is 15.7 Å². The van der Waals surface area contributed by atoms with Crippen molar-refractivity contribution in [1.82, 2.24) is 49.5 Å². The van der Waals surface area contributed by atoms with Crippen molar-refractivity contribution in [2.24, 2.45) is 0 Å². The molecule has 0 radical (unpaired) electrons. The third-order valence-electron chi connectivity index (χ3n) is 24.1. The van der Waals surface area contributed by atoms with E-state index in [2.05, 4.69) is 135 Å². The Labute approximate surface area is 724 Å². The second kappa shape index (κ2) is 38.8. The van der Waals surface area contributed by atoms with Gasteiger partial charge in [-0.1, -0.05) is 72.3 Å². The first-order chi connectivity index (χ1) is 58.5. The number of allylic oxidation sites excluding steroid dienone is 2. The van der Waals surface area contributed by atoms with Crippen LogP contribution in [0.25, 0.3) is 12.2 Å². The van der Waals surface area contributed by atoms with Gasteiger partial charge in [-0.05, 0) is 153 Å². The molecule has 6 aromatic carbocycles. The number of rotatable bonds is 24. The number of sulfone groups is 1. The van der Waals surface area contributed by atoms with Gasteiger partial charge in [-0.3, -0.25) is 9.80 Å². The van der Waals surface area contributed by atoms with Gasteiger partial charge in [0.2, 0.25) is 5.95 Å². The molecule has 5 fully saturated rings. The fourth-order valence-corrected chi connectivity index (χ4v) is 21.6. The van der Waals surface area contributed by atoms with Crippen LogP contribution in [0.4, 0.5) is 63.2 Å². The van der Waals surface area contributed by atoms with Gasteiger partial charge in [-0.15, -0.1) is 0 Å². The minimum absolute atomic E-state index is 0.165. The highest BCUT2D eigenvalue weighted by molar-refractivity contribution is 7.91. The summed E-state index contributed by atoms with van der Waals surface area (Å²) in [5.74, 6) is 6.90. The average Bonchev–Trinajstić information content (AvgIpc) is 1.41. The number of nitrogens with zero attached hydrogens (tertiary/aromatic N) is 13. The first-order valence-electron chi connectivity index (χ1n) is 42.1. The monoisotopic (exact) mass is 1750 g/mol. The molecule has 122 heavy (non-hydrogen) atoms. The number of piperazine rings is 2. The Morgan fingerprint density at radius 1 is 0.459 bits per heavy atom. The number of aromatic nitrogens is 6. The largest absolute Gasteiger partial charge is 0.496 e. The Hall–Kier alpha value is -9.39. The number of benzene rings is 6. The number of hydrogen-bond donors (Lipinski definition) is 4. The van der Waals surface area contributed by atoms with Crippen LogP contribution >= 0.6 is 33.0 Å². The molecule has 648 valence electrons. The molecular formula is C91H117ClN17O9P3S. The van der Waals surface area contributed by atoms with Crippen molar-refractivity contribution in [2.45, 2.75) is 70.4 Å². The van der Waals surface area contributed by atoms with E-state index in [1.54, 1.807) is 74.6 Å². The molecule has 0 spiro atoms. The second-order valence-electron chi connectivity index (χ2n) is 33.7. The van der Waals surface area contributed by atoms with Crippen molar-refractivity contribution in [3.8, 4) is 23.0 Å². The highest BCUT2D eigenvalue weighted by Gasteiger charge is 2.32. The molecule has 16 rings (SSSR count). The molecule has 0 bridgehead atoms. The van der Waals surface area contributed by atoms with E-state index in [1.807, 2.05) is 91.0 Å². The number of anilines is 11. The molecule has 0 atom stereocenters. The summed E-state index contributed by atoms with van der Waals surface area (Å²) >= 11 is 6.45. The third-order valence-corrected chi connectivity index (χ3v) is 30.6. The lowest BCUT2D eigenvalue weighted by Gasteiger charge is -2.43. The fourth-order valence-electron chi connectivity index (χ4n) is 17.0. The van der Waals surface area contributed by atoms with Gasteiger partial charge in [0.05, 0.1) is 80.3 Å². The van der Waals surface area contributed by atoms with Crippen LogP contribution in [0.15, 0.2) is 134 Å². The molecule has 7 aliphatic rings. The van der Waals surface area contributed by atoms with Crippen molar-refractivity contribution in [1.29, 1.82) is 0 Å². The van der Waals surface area contributed by atoms with Crippen molar-refractivity contribution in [3.63, 3.8) is 0 Å². The summed E-state index contributed by atoms with van der Waals surface area (Å²) in [6, 6.07) is 38.9. The Bertz CT molecular complexity index is 5590. The Morgan fingerprint density at radius 2 is 0.910 bits per heavy atom. The SMILES string of the molecule is COc1cc(N2CCC(N3CCN(C)CC3)CC2)c(C)cc1Nc1ncc(Cl)c(Nc2ccccc2P(C)(C)=O)n1.COc1cc(N2CCC(N3CCN(C)CC3)CC2)ccc1Cc1nc2c(c(Nc3ccc(P(C)(C)=O)cc3OC)n1)C=CC2.COc1cc(N2CCS(=O)(=O)CC2)ccc1Cc1nc2c(c(Nc3ccccc3P(C)(C)=O)n1)C=CC2. The van der Waals surface area contributed by atoms with Crippen LogP contribution in [-0.4, -0.2) is 256 Å². The average molecular weight is 1750 g/mol. The molecule has 3 aromatic heterocycles. The highest BCUT2D eigenvalue weighted by Crippen LogP contribution is 2.44. The summed E-state index contributed by atoms with van der Waals surface area (Å²) in [5, 5.41) is 16.2. The van der Waals surface area contributed by atoms with Crippen LogP contribution in [-0.2, 0) is 49.2 Å². The zero-order chi connectivity index (χ0) is 86.2. The van der Waals surface area contributed by atoms with Gasteiger partial charge >= 0.3 is 0 Å². The maximum absolute atomic E-state index is 12.9. The topological polar surface area (TPSA) is 270 Å². The summed E-state index contributed by atoms with van der Waals surface area (Å²) in [6.07, 6.45) is 17.1. The van der Waals surface area contributed by atoms with Crippen LogP contribution < -0.4 is 70.8 Å². The third kappa shape index (κ3) is 21.9. The maximum atomic E-state index is 12.9. The molecule has 9 aromatic rings. The van der Waals surface area contributed by atoms with Crippen LogP contribution in [0.3, 0.4) is 0 Å². The molecule has 2 aliphatic carbocycles. The number of likely N-dealkylation sites (N-methyl/N-ethyl adjacent to an activating group) is 2. The number of ether oxygens (including phenoxy) is 4. The molecule has 5 saturated heterocycles. The summed E-state index contributed by atoms with van der Waals surface area (Å²) < 4.78 is 85.0. The van der Waals surface area contributed by atoms with Gasteiger partial charge in [0.25, 0.3) is 0 Å². The molecule has 0 unspecified atom stereocenters. The minimum atomic E-state index is -2.95. The number of para-hydroxylation sites is 2. The van der Waals surface area contributed by atoms with E-state index in [-0.39, 0.29) is 11.5 Å². The number of fused-ring (bicyclic) bond motifs is 2. The molecule has 0 amide bonds. The van der Waals surface area contributed by atoms with Crippen molar-refractivity contribution < 1.29 is 41.1 Å². The van der Waals surface area contributed by atoms with Crippen molar-refractivity contribution in [3.05, 3.63) is 189 Å². The number of aryl methyl sites for hydroxylation is 1. The van der Waals surface area contributed by atoms with Crippen LogP contribution in [0.5, 0.6) is 23.0 Å². The molecule has 31 heteroatoms. The number of hydrogen-bond acceptors (Lipinski definition) is 26. The van der Waals surface area contributed by atoms with Gasteiger partial charge in [-0.2, -0.15) is 4.98 Å². The number of piperidine rings is 2. The molecule has 4 N–H and O–H groups in total. The standard InChI is InChI=1S/C34H45N6O3P.C30H41ClN7O2P.C27H31N4O4PS/c1-38-17-19-40(20-18-38)25-13-15-39(16-14-25)26-10-9-24(31(22-26)42-2)21-33-35-29-8-6-7-28(29)34(37-33)36-30-12-11-27(44(4,5)41)23-32(30)43-3;1-21-18-25(27(40-3)19-26(21)38-12-10-22(11-13-38)37-16-14-36(2)15-17-37)34-30-32-20-23(31)29(35-30)33-24-8-6-7-9-28(24)41(4,5)39;1-35-24-18-20(31-13-15-37(33,34)16-14-31)12-11-19(24)17-26-28-22-9-6-7-21(22)27(30-26)29-23-8-4-5-10-25(23)36(2,3)32/h6-7,9-12,22-23,25H,8,13-21H2,1-5H3,(H,35,36,37);6-9,18-20,22H,10-17H2,1-5H3,(H2,32,33,34,35);4-8,10-12,18H,9,13-17H2,1-3H3,(H,28,29,30). The molecule has 8 heterocycles. The summed E-state index contributed by atoms with van der Waals surface area (Å²) in [7, 11) is 0.746. The lowest BCUT2D eigenvalue weighted by molar-refractivity contribution is 0.0982. The number of nitrogens with one attached hydrogen (secondary N) is 4. The Morgan fingerprint density at radius 3 is 1.39 bits per heavy atom. The van der Waals surface area contributed by atoms with Gasteiger partial charge in [0.1, 0.15) is 72.7 Å². The van der Waals surface area contributed by atoms with Crippen molar-refractivity contribution in [2.75, 3.05) is 222 Å². The van der Waals surface area contributed by atoms with Gasteiger partial charge < -0.3 is 78.4 Å². The van der Waals surface area contributed by atoms with Crippen LogP contribution in [0.2, 0.25) is 5.02 Å². The smallest absolute Gasteiger partial charge is 0.229 e. The predicted molar refractivity (Wildman–Crippen MR) is 502 cm³/mol. The quantitative estimate of drug-likeness (QED) is 0.0409. The van der Waals surface area contributed by atoms with E-state index >= 15 is 0 Å². The zero-order valence-corrected chi connectivity index (χ0v) is 76.9. The van der Waals surface area contributed by atoms with Crippen molar-refractivity contribution >= 4 is 134 Å². The molecule has 26 nitrogen and oxygen atoms in total. The first kappa shape index (κ1) is 88.9. The van der Waals surface area contributed by atoms with Gasteiger partial charge in [0, 0.05) is 203 Å². The summed E-state index contributed by atoms with van der Waals surface area (Å²) in [5.41, 5.74) is 13.4. The second-order valence-corrected chi connectivity index (χ2v) is 46.0. The summed E-state index contributed by atoms with van der Waals surface area (Å²) in [4.78, 5) is 45.9. The van der Waals surface area contributed by atoms with Crippen LogP contribution in [0.1, 0.15) is 76.5 Å². The van der Waals surface area contributed by atoms with E-state index in [1.165, 1.54) is 76.3 Å². The van der Waals surface area contributed by atoms with Gasteiger partial charge in [-0.25, -0.2) is 33.3 Å². The minimum Gasteiger partial charge on any atom is -0.496 e. The Kier molecular flexibility index (Phi) is 28.3. The maximum Gasteiger partial charge on any atom is 0.229 e. The van der Waals surface area contributed by atoms with E-state index in [9.17, 15) is 22.1 Å². The lowest BCUT2D eigenvalue weighted by atomic mass is 10.0.